The SMILES string of the molecule is O=S(=O)(Cc1ccccc1F)N1CCC(c2noc(COc3ccc(F)cc3)n2)CC1. The Balaban J connectivity index is 1.31. The zero-order chi connectivity index (χ0) is 21.8. The van der Waals surface area contributed by atoms with E-state index in [0.717, 1.165) is 0 Å². The Morgan fingerprint density at radius 1 is 1.06 bits per heavy atom. The lowest BCUT2D eigenvalue weighted by Crippen LogP contribution is -2.38. The van der Waals surface area contributed by atoms with Crippen LogP contribution >= 0.6 is 0 Å². The standard InChI is InChI=1S/C21H21F2N3O4S/c22-17-5-7-18(8-6-17)29-13-20-24-21(25-30-20)15-9-11-26(12-10-15)31(27,28)14-16-3-1-2-4-19(16)23/h1-8,15H,9-14H2. The number of hydrogen-bond acceptors (Lipinski definition) is 6. The topological polar surface area (TPSA) is 85.5 Å². The van der Waals surface area contributed by atoms with Gasteiger partial charge in [-0.3, -0.25) is 0 Å². The van der Waals surface area contributed by atoms with Gasteiger partial charge in [0.05, 0.1) is 5.75 Å². The van der Waals surface area contributed by atoms with Gasteiger partial charge in [-0.15, -0.1) is 0 Å². The second-order valence-corrected chi connectivity index (χ2v) is 9.28. The molecule has 1 aliphatic rings. The van der Waals surface area contributed by atoms with Crippen molar-refractivity contribution in [1.29, 1.82) is 0 Å². The molecule has 10 heteroatoms. The minimum atomic E-state index is -3.62. The summed E-state index contributed by atoms with van der Waals surface area (Å²) in [6.45, 7) is 0.656. The van der Waals surface area contributed by atoms with Crippen LogP contribution in [0.5, 0.6) is 5.75 Å². The Bertz CT molecular complexity index is 1130. The molecule has 2 aromatic carbocycles. The molecule has 3 aromatic rings. The molecule has 4 rings (SSSR count). The molecular weight excluding hydrogens is 428 g/mol. The van der Waals surface area contributed by atoms with Gasteiger partial charge in [0, 0.05) is 24.6 Å². The van der Waals surface area contributed by atoms with E-state index >= 15 is 0 Å². The van der Waals surface area contributed by atoms with Crippen molar-refractivity contribution in [1.82, 2.24) is 14.4 Å². The van der Waals surface area contributed by atoms with E-state index < -0.39 is 15.8 Å². The fourth-order valence-corrected chi connectivity index (χ4v) is 5.04. The molecule has 0 amide bonds. The number of ether oxygens (including phenoxy) is 1. The van der Waals surface area contributed by atoms with E-state index in [1.807, 2.05) is 0 Å². The minimum Gasteiger partial charge on any atom is -0.484 e. The Labute approximate surface area is 178 Å². The third kappa shape index (κ3) is 5.26. The average molecular weight is 449 g/mol. The largest absolute Gasteiger partial charge is 0.484 e. The van der Waals surface area contributed by atoms with Crippen molar-refractivity contribution >= 4 is 10.0 Å². The number of sulfonamides is 1. The van der Waals surface area contributed by atoms with Crippen LogP contribution in [0.15, 0.2) is 53.1 Å². The Morgan fingerprint density at radius 3 is 2.48 bits per heavy atom. The Morgan fingerprint density at radius 2 is 1.77 bits per heavy atom. The van der Waals surface area contributed by atoms with Crippen LogP contribution in [0.2, 0.25) is 0 Å². The van der Waals surface area contributed by atoms with Crippen LogP contribution < -0.4 is 4.74 Å². The van der Waals surface area contributed by atoms with Crippen molar-refractivity contribution in [2.24, 2.45) is 0 Å². The predicted molar refractivity (Wildman–Crippen MR) is 108 cm³/mol. The summed E-state index contributed by atoms with van der Waals surface area (Å²) in [7, 11) is -3.62. The summed E-state index contributed by atoms with van der Waals surface area (Å²) in [5, 5.41) is 3.99. The van der Waals surface area contributed by atoms with Gasteiger partial charge in [-0.2, -0.15) is 4.98 Å². The molecule has 1 aromatic heterocycles. The highest BCUT2D eigenvalue weighted by Gasteiger charge is 2.31. The molecule has 0 unspecified atom stereocenters. The molecule has 0 atom stereocenters. The van der Waals surface area contributed by atoms with Crippen molar-refractivity contribution in [3.8, 4) is 5.75 Å². The second kappa shape index (κ2) is 9.11. The third-order valence-electron chi connectivity index (χ3n) is 5.17. The van der Waals surface area contributed by atoms with Crippen LogP contribution in [-0.2, 0) is 22.4 Å². The second-order valence-electron chi connectivity index (χ2n) is 7.31. The molecule has 1 saturated heterocycles. The summed E-state index contributed by atoms with van der Waals surface area (Å²) >= 11 is 0. The smallest absolute Gasteiger partial charge is 0.264 e. The predicted octanol–water partition coefficient (Wildman–Crippen LogP) is 3.64. The van der Waals surface area contributed by atoms with Crippen molar-refractivity contribution in [3.05, 3.63) is 77.4 Å². The van der Waals surface area contributed by atoms with Crippen LogP contribution in [0.25, 0.3) is 0 Å². The maximum atomic E-state index is 13.8. The zero-order valence-corrected chi connectivity index (χ0v) is 17.4. The van der Waals surface area contributed by atoms with Gasteiger partial charge in [-0.1, -0.05) is 23.4 Å². The summed E-state index contributed by atoms with van der Waals surface area (Å²) < 4.78 is 64.2. The van der Waals surface area contributed by atoms with Crippen LogP contribution in [0.3, 0.4) is 0 Å². The number of aromatic nitrogens is 2. The van der Waals surface area contributed by atoms with Crippen LogP contribution in [0, 0.1) is 11.6 Å². The molecule has 31 heavy (non-hydrogen) atoms. The number of benzene rings is 2. The first kappa shape index (κ1) is 21.4. The van der Waals surface area contributed by atoms with Crippen molar-refractivity contribution in [2.45, 2.75) is 31.1 Å². The third-order valence-corrected chi connectivity index (χ3v) is 7.00. The summed E-state index contributed by atoms with van der Waals surface area (Å²) in [6, 6.07) is 11.5. The highest BCUT2D eigenvalue weighted by molar-refractivity contribution is 7.88. The molecule has 164 valence electrons. The number of nitrogens with zero attached hydrogens (tertiary/aromatic N) is 3. The zero-order valence-electron chi connectivity index (χ0n) is 16.6. The normalized spacial score (nSPS) is 15.8. The maximum absolute atomic E-state index is 13.8. The molecule has 0 radical (unpaired) electrons. The number of hydrogen-bond donors (Lipinski definition) is 0. The highest BCUT2D eigenvalue weighted by atomic mass is 32.2. The van der Waals surface area contributed by atoms with E-state index in [1.54, 1.807) is 6.07 Å². The van der Waals surface area contributed by atoms with Gasteiger partial charge < -0.3 is 9.26 Å². The Hall–Kier alpha value is -2.85. The molecular formula is C21H21F2N3O4S. The van der Waals surface area contributed by atoms with Crippen molar-refractivity contribution in [2.75, 3.05) is 13.1 Å². The van der Waals surface area contributed by atoms with E-state index in [4.69, 9.17) is 9.26 Å². The van der Waals surface area contributed by atoms with E-state index in [-0.39, 0.29) is 35.5 Å². The van der Waals surface area contributed by atoms with Crippen LogP contribution in [0.1, 0.15) is 36.0 Å². The van der Waals surface area contributed by atoms with Gasteiger partial charge in [-0.05, 0) is 43.2 Å². The Kier molecular flexibility index (Phi) is 6.28. The first-order valence-electron chi connectivity index (χ1n) is 9.83. The van der Waals surface area contributed by atoms with Gasteiger partial charge in [0.2, 0.25) is 10.0 Å². The van der Waals surface area contributed by atoms with Crippen LogP contribution in [-0.4, -0.2) is 36.0 Å². The minimum absolute atomic E-state index is 0.0387. The fourth-order valence-electron chi connectivity index (χ4n) is 3.46. The molecule has 0 spiro atoms. The number of rotatable bonds is 7. The molecule has 1 aliphatic heterocycles. The lowest BCUT2D eigenvalue weighted by molar-refractivity contribution is 0.241. The fraction of sp³-hybridized carbons (Fsp3) is 0.333. The molecule has 0 aliphatic carbocycles. The summed E-state index contributed by atoms with van der Waals surface area (Å²) in [4.78, 5) is 4.34. The first-order chi connectivity index (χ1) is 14.9. The van der Waals surface area contributed by atoms with Gasteiger partial charge in [0.1, 0.15) is 17.4 Å². The quantitative estimate of drug-likeness (QED) is 0.548. The molecule has 0 bridgehead atoms. The van der Waals surface area contributed by atoms with Gasteiger partial charge in [0.15, 0.2) is 12.4 Å². The van der Waals surface area contributed by atoms with E-state index in [0.29, 0.717) is 37.5 Å². The molecule has 0 saturated carbocycles. The monoisotopic (exact) mass is 449 g/mol. The molecule has 2 heterocycles. The average Bonchev–Trinajstić information content (AvgIpc) is 3.24. The van der Waals surface area contributed by atoms with Gasteiger partial charge in [0.25, 0.3) is 5.89 Å². The molecule has 7 nitrogen and oxygen atoms in total. The molecule has 0 N–H and O–H groups in total. The highest BCUT2D eigenvalue weighted by Crippen LogP contribution is 2.28. The summed E-state index contributed by atoms with van der Waals surface area (Å²) in [6.07, 6.45) is 1.07. The van der Waals surface area contributed by atoms with E-state index in [9.17, 15) is 17.2 Å². The lowest BCUT2D eigenvalue weighted by Gasteiger charge is -2.29. The summed E-state index contributed by atoms with van der Waals surface area (Å²) in [5.41, 5.74) is 0.161. The lowest BCUT2D eigenvalue weighted by atomic mass is 9.98. The van der Waals surface area contributed by atoms with E-state index in [2.05, 4.69) is 10.1 Å². The molecule has 1 fully saturated rings. The summed E-state index contributed by atoms with van der Waals surface area (Å²) in [5.74, 6) is -0.00870. The number of piperidine rings is 1. The first-order valence-corrected chi connectivity index (χ1v) is 11.4. The van der Waals surface area contributed by atoms with Crippen molar-refractivity contribution in [3.63, 3.8) is 0 Å². The number of halogens is 2. The van der Waals surface area contributed by atoms with Crippen molar-refractivity contribution < 1.29 is 26.5 Å². The van der Waals surface area contributed by atoms with E-state index in [1.165, 1.54) is 46.8 Å². The van der Waals surface area contributed by atoms with Gasteiger partial charge >= 0.3 is 0 Å². The van der Waals surface area contributed by atoms with Crippen LogP contribution in [0.4, 0.5) is 8.78 Å². The maximum Gasteiger partial charge on any atom is 0.264 e. The van der Waals surface area contributed by atoms with Gasteiger partial charge in [-0.25, -0.2) is 21.5 Å².